The van der Waals surface area contributed by atoms with Gasteiger partial charge in [-0.15, -0.1) is 0 Å². The van der Waals surface area contributed by atoms with Gasteiger partial charge in [-0.2, -0.15) is 4.72 Å². The van der Waals surface area contributed by atoms with Crippen LogP contribution in [0, 0.1) is 0 Å². The lowest BCUT2D eigenvalue weighted by Gasteiger charge is -2.27. The van der Waals surface area contributed by atoms with Crippen LogP contribution in [-0.2, 0) is 14.8 Å². The highest BCUT2D eigenvalue weighted by molar-refractivity contribution is 7.89. The summed E-state index contributed by atoms with van der Waals surface area (Å²) in [5.74, 6) is 0.238. The summed E-state index contributed by atoms with van der Waals surface area (Å²) in [6, 6.07) is 15.6. The summed E-state index contributed by atoms with van der Waals surface area (Å²) >= 11 is 0. The molecule has 8 heteroatoms. The van der Waals surface area contributed by atoms with E-state index in [4.69, 9.17) is 4.74 Å². The van der Waals surface area contributed by atoms with Gasteiger partial charge in [0.15, 0.2) is 6.17 Å². The van der Waals surface area contributed by atoms with Gasteiger partial charge >= 0.3 is 0 Å². The number of ether oxygens (including phenoxy) is 1. The van der Waals surface area contributed by atoms with Crippen molar-refractivity contribution in [1.29, 1.82) is 0 Å². The van der Waals surface area contributed by atoms with Gasteiger partial charge in [-0.3, -0.25) is 4.79 Å². The molecule has 7 nitrogen and oxygen atoms in total. The average Bonchev–Trinajstić information content (AvgIpc) is 2.59. The minimum Gasteiger partial charge on any atom is -0.492 e. The zero-order valence-corrected chi connectivity index (χ0v) is 13.5. The van der Waals surface area contributed by atoms with Crippen LogP contribution in [0.25, 0.3) is 0 Å². The Labute approximate surface area is 140 Å². The molecule has 3 N–H and O–H groups in total. The first kappa shape index (κ1) is 16.3. The molecule has 1 atom stereocenters. The fourth-order valence-electron chi connectivity index (χ4n) is 2.30. The van der Waals surface area contributed by atoms with Crippen molar-refractivity contribution in [2.75, 3.05) is 18.5 Å². The van der Waals surface area contributed by atoms with E-state index in [0.717, 1.165) is 0 Å². The highest BCUT2D eigenvalue weighted by atomic mass is 32.2. The molecule has 126 valence electrons. The Kier molecular flexibility index (Phi) is 4.68. The lowest BCUT2D eigenvalue weighted by molar-refractivity contribution is -0.122. The Bertz CT molecular complexity index is 824. The van der Waals surface area contributed by atoms with E-state index in [1.54, 1.807) is 18.2 Å². The fourth-order valence-corrected chi connectivity index (χ4v) is 3.58. The zero-order valence-electron chi connectivity index (χ0n) is 12.7. The molecule has 0 bridgehead atoms. The van der Waals surface area contributed by atoms with Gasteiger partial charge in [-0.05, 0) is 24.3 Å². The number of rotatable bonds is 5. The molecule has 0 saturated heterocycles. The largest absolute Gasteiger partial charge is 0.492 e. The van der Waals surface area contributed by atoms with Crippen LogP contribution in [0.5, 0.6) is 5.75 Å². The Balaban J connectivity index is 1.55. The summed E-state index contributed by atoms with van der Waals surface area (Å²) < 4.78 is 32.1. The Morgan fingerprint density at radius 2 is 1.79 bits per heavy atom. The molecule has 0 radical (unpaired) electrons. The first-order valence-corrected chi connectivity index (χ1v) is 8.88. The van der Waals surface area contributed by atoms with Gasteiger partial charge < -0.3 is 15.4 Å². The second kappa shape index (κ2) is 6.90. The predicted octanol–water partition coefficient (Wildman–Crippen LogP) is 0.912. The predicted molar refractivity (Wildman–Crippen MR) is 89.1 cm³/mol. The lowest BCUT2D eigenvalue weighted by atomic mass is 10.3. The van der Waals surface area contributed by atoms with Gasteiger partial charge in [0.25, 0.3) is 5.91 Å². The molecule has 1 amide bonds. The zero-order chi connectivity index (χ0) is 17.0. The molecule has 0 unspecified atom stereocenters. The summed E-state index contributed by atoms with van der Waals surface area (Å²) in [5, 5.41) is 5.51. The van der Waals surface area contributed by atoms with E-state index in [2.05, 4.69) is 15.4 Å². The van der Waals surface area contributed by atoms with Crippen molar-refractivity contribution in [2.45, 2.75) is 11.1 Å². The van der Waals surface area contributed by atoms with Gasteiger partial charge in [0.05, 0.1) is 12.2 Å². The van der Waals surface area contributed by atoms with Crippen LogP contribution in [0.1, 0.15) is 0 Å². The van der Waals surface area contributed by atoms with Crippen LogP contribution in [-0.4, -0.2) is 33.6 Å². The molecule has 24 heavy (non-hydrogen) atoms. The van der Waals surface area contributed by atoms with Crippen LogP contribution >= 0.6 is 0 Å². The molecule has 1 aliphatic rings. The number of anilines is 1. The summed E-state index contributed by atoms with van der Waals surface area (Å²) in [6.07, 6.45) is -1.05. The third-order valence-electron chi connectivity index (χ3n) is 3.42. The van der Waals surface area contributed by atoms with Crippen LogP contribution in [0.3, 0.4) is 0 Å². The van der Waals surface area contributed by atoms with Crippen molar-refractivity contribution in [3.05, 3.63) is 54.6 Å². The third-order valence-corrected chi connectivity index (χ3v) is 4.91. The number of sulfonamides is 1. The fraction of sp³-hybridized carbons (Fsp3) is 0.188. The topological polar surface area (TPSA) is 96.5 Å². The Morgan fingerprint density at radius 3 is 2.58 bits per heavy atom. The first-order valence-electron chi connectivity index (χ1n) is 7.40. The molecule has 1 aliphatic heterocycles. The molecular formula is C16H17N3O4S. The highest BCUT2D eigenvalue weighted by Crippen LogP contribution is 2.25. The number of hydrogen-bond donors (Lipinski definition) is 3. The first-order chi connectivity index (χ1) is 11.6. The minimum atomic E-state index is -3.71. The second-order valence-electron chi connectivity index (χ2n) is 5.15. The Morgan fingerprint density at radius 1 is 1.08 bits per heavy atom. The van der Waals surface area contributed by atoms with Crippen LogP contribution in [0.4, 0.5) is 5.69 Å². The molecule has 0 aliphatic carbocycles. The lowest BCUT2D eigenvalue weighted by Crippen LogP contribution is -2.54. The maximum Gasteiger partial charge on any atom is 0.258 e. The van der Waals surface area contributed by atoms with Crippen molar-refractivity contribution in [2.24, 2.45) is 0 Å². The number of hydrogen-bond acceptors (Lipinski definition) is 5. The summed E-state index contributed by atoms with van der Waals surface area (Å²) in [5.41, 5.74) is 0.400. The number of benzene rings is 2. The third kappa shape index (κ3) is 3.66. The van der Waals surface area contributed by atoms with Crippen molar-refractivity contribution in [1.82, 2.24) is 10.0 Å². The number of nitrogens with one attached hydrogen (secondary N) is 3. The van der Waals surface area contributed by atoms with Gasteiger partial charge in [-0.1, -0.05) is 30.3 Å². The summed E-state index contributed by atoms with van der Waals surface area (Å²) in [6.45, 7) is 0.543. The van der Waals surface area contributed by atoms with E-state index in [0.29, 0.717) is 11.4 Å². The van der Waals surface area contributed by atoms with Crippen molar-refractivity contribution in [3.8, 4) is 5.75 Å². The standard InChI is InChI=1S/C16H17N3O4S/c20-16(17-10-11-23-12-6-2-1-3-7-12)15-18-13-8-4-5-9-14(13)24(21,22)19-15/h1-9,15,18-19H,10-11H2,(H,17,20)/t15-/m0/s1. The van der Waals surface area contributed by atoms with E-state index in [1.165, 1.54) is 6.07 Å². The number of amides is 1. The van der Waals surface area contributed by atoms with Crippen LogP contribution in [0.2, 0.25) is 0 Å². The van der Waals surface area contributed by atoms with Crippen molar-refractivity contribution < 1.29 is 17.9 Å². The molecule has 2 aromatic carbocycles. The molecule has 0 fully saturated rings. The van der Waals surface area contributed by atoms with Crippen molar-refractivity contribution in [3.63, 3.8) is 0 Å². The van der Waals surface area contributed by atoms with Crippen LogP contribution < -0.4 is 20.1 Å². The average molecular weight is 347 g/mol. The molecule has 0 saturated carbocycles. The molecule has 2 aromatic rings. The number of carbonyl (C=O) groups is 1. The van der Waals surface area contributed by atoms with Gasteiger partial charge in [0.2, 0.25) is 10.0 Å². The monoisotopic (exact) mass is 347 g/mol. The summed E-state index contributed by atoms with van der Waals surface area (Å²) in [4.78, 5) is 12.3. The normalized spacial score (nSPS) is 18.1. The number of carbonyl (C=O) groups excluding carboxylic acids is 1. The van der Waals surface area contributed by atoms with Gasteiger partial charge in [0, 0.05) is 0 Å². The molecule has 3 rings (SSSR count). The number of fused-ring (bicyclic) bond motifs is 1. The van der Waals surface area contributed by atoms with E-state index < -0.39 is 22.1 Å². The molecule has 1 heterocycles. The quantitative estimate of drug-likeness (QED) is 0.699. The molecule has 0 spiro atoms. The maximum atomic E-state index is 12.2. The van der Waals surface area contributed by atoms with Gasteiger partial charge in [0.1, 0.15) is 17.3 Å². The Hall–Kier alpha value is -2.58. The minimum absolute atomic E-state index is 0.126. The maximum absolute atomic E-state index is 12.2. The molecule has 0 aromatic heterocycles. The van der Waals surface area contributed by atoms with Crippen LogP contribution in [0.15, 0.2) is 59.5 Å². The smallest absolute Gasteiger partial charge is 0.258 e. The number of para-hydroxylation sites is 2. The SMILES string of the molecule is O=C(NCCOc1ccccc1)[C@H]1Nc2ccccc2S(=O)(=O)N1. The van der Waals surface area contributed by atoms with E-state index in [9.17, 15) is 13.2 Å². The van der Waals surface area contributed by atoms with E-state index in [-0.39, 0.29) is 18.0 Å². The second-order valence-corrected chi connectivity index (χ2v) is 6.83. The van der Waals surface area contributed by atoms with Crippen molar-refractivity contribution >= 4 is 21.6 Å². The highest BCUT2D eigenvalue weighted by Gasteiger charge is 2.32. The van der Waals surface area contributed by atoms with Gasteiger partial charge in [-0.25, -0.2) is 8.42 Å². The molecular weight excluding hydrogens is 330 g/mol. The van der Waals surface area contributed by atoms with E-state index in [1.807, 2.05) is 30.3 Å². The van der Waals surface area contributed by atoms with E-state index >= 15 is 0 Å². The summed E-state index contributed by atoms with van der Waals surface area (Å²) in [7, 11) is -3.71.